The van der Waals surface area contributed by atoms with Crippen LogP contribution in [0.15, 0.2) is 41.0 Å². The van der Waals surface area contributed by atoms with Crippen molar-refractivity contribution in [3.8, 4) is 6.07 Å². The lowest BCUT2D eigenvalue weighted by Crippen LogP contribution is -2.48. The zero-order valence-corrected chi connectivity index (χ0v) is 13.0. The fourth-order valence-electron chi connectivity index (χ4n) is 3.76. The number of rotatable bonds is 1. The number of nitriles is 1. The van der Waals surface area contributed by atoms with Crippen molar-refractivity contribution in [2.24, 2.45) is 0 Å². The molecule has 1 saturated carbocycles. The lowest BCUT2D eigenvalue weighted by molar-refractivity contribution is 0.379. The minimum Gasteiger partial charge on any atom is -0.468 e. The van der Waals surface area contributed by atoms with Gasteiger partial charge in [-0.05, 0) is 37.0 Å². The third kappa shape index (κ3) is 2.05. The van der Waals surface area contributed by atoms with Gasteiger partial charge in [0.1, 0.15) is 18.1 Å². The Morgan fingerprint density at radius 2 is 2.23 bits per heavy atom. The largest absolute Gasteiger partial charge is 0.468 e. The van der Waals surface area contributed by atoms with Crippen LogP contribution in [0.1, 0.15) is 42.1 Å². The molecule has 1 aliphatic heterocycles. The van der Waals surface area contributed by atoms with Gasteiger partial charge < -0.3 is 9.73 Å². The summed E-state index contributed by atoms with van der Waals surface area (Å²) < 4.78 is 5.62. The number of nitrogens with zero attached hydrogens (tertiary/aromatic N) is 1. The van der Waals surface area contributed by atoms with E-state index in [2.05, 4.69) is 35.7 Å². The molecule has 22 heavy (non-hydrogen) atoms. The molecule has 2 aromatic rings. The van der Waals surface area contributed by atoms with Crippen LogP contribution < -0.4 is 5.32 Å². The number of nitrogens with one attached hydrogen (secondary N) is 1. The van der Waals surface area contributed by atoms with Gasteiger partial charge in [-0.1, -0.05) is 30.4 Å². The van der Waals surface area contributed by atoms with Crippen LogP contribution in [-0.4, -0.2) is 10.4 Å². The summed E-state index contributed by atoms with van der Waals surface area (Å²) in [6.07, 6.45) is 5.34. The van der Waals surface area contributed by atoms with Crippen LogP contribution in [0.5, 0.6) is 0 Å². The van der Waals surface area contributed by atoms with Gasteiger partial charge in [0.25, 0.3) is 0 Å². The molecule has 0 amide bonds. The standard InChI is InChI=1S/C18H16N2OS/c19-10-12-7-16(21-11-12)14-5-6-17(22)18(9-14)8-13-3-1-2-4-15(13)20-18/h1-4,7,11,14,20H,5-6,8-9H2. The van der Waals surface area contributed by atoms with E-state index >= 15 is 0 Å². The maximum absolute atomic E-state index is 8.97. The van der Waals surface area contributed by atoms with E-state index < -0.39 is 0 Å². The maximum atomic E-state index is 8.97. The van der Waals surface area contributed by atoms with Crippen molar-refractivity contribution in [2.45, 2.75) is 37.1 Å². The van der Waals surface area contributed by atoms with Crippen LogP contribution in [0.25, 0.3) is 0 Å². The number of hydrogen-bond donors (Lipinski definition) is 1. The summed E-state index contributed by atoms with van der Waals surface area (Å²) >= 11 is 5.71. The number of furan rings is 1. The van der Waals surface area contributed by atoms with Crippen LogP contribution >= 0.6 is 12.2 Å². The topological polar surface area (TPSA) is 49.0 Å². The molecule has 1 spiro atoms. The van der Waals surface area contributed by atoms with E-state index in [0.717, 1.165) is 36.3 Å². The molecule has 3 nitrogen and oxygen atoms in total. The van der Waals surface area contributed by atoms with E-state index in [0.29, 0.717) is 11.5 Å². The molecule has 4 rings (SSSR count). The summed E-state index contributed by atoms with van der Waals surface area (Å²) in [7, 11) is 0. The Kier molecular flexibility index (Phi) is 3.05. The monoisotopic (exact) mass is 308 g/mol. The minimum atomic E-state index is -0.137. The lowest BCUT2D eigenvalue weighted by Gasteiger charge is -2.38. The maximum Gasteiger partial charge on any atom is 0.108 e. The Hall–Kier alpha value is -2.12. The normalized spacial score (nSPS) is 26.5. The first-order chi connectivity index (χ1) is 10.7. The summed E-state index contributed by atoms with van der Waals surface area (Å²) in [5.74, 6) is 1.23. The van der Waals surface area contributed by atoms with E-state index in [1.807, 2.05) is 6.07 Å². The summed E-state index contributed by atoms with van der Waals surface area (Å²) in [6, 6.07) is 12.4. The van der Waals surface area contributed by atoms with Gasteiger partial charge in [-0.25, -0.2) is 0 Å². The number of thiocarbonyl (C=S) groups is 1. The highest BCUT2D eigenvalue weighted by molar-refractivity contribution is 7.80. The van der Waals surface area contributed by atoms with Gasteiger partial charge in [0.15, 0.2) is 0 Å². The van der Waals surface area contributed by atoms with Crippen molar-refractivity contribution in [2.75, 3.05) is 5.32 Å². The molecule has 110 valence electrons. The highest BCUT2D eigenvalue weighted by Gasteiger charge is 2.45. The van der Waals surface area contributed by atoms with Crippen LogP contribution in [0.2, 0.25) is 0 Å². The molecule has 2 unspecified atom stereocenters. The molecular formula is C18H16N2OS. The summed E-state index contributed by atoms with van der Waals surface area (Å²) in [5.41, 5.74) is 2.99. The van der Waals surface area contributed by atoms with Crippen LogP contribution in [-0.2, 0) is 6.42 Å². The Morgan fingerprint density at radius 3 is 3.00 bits per heavy atom. The SMILES string of the molecule is N#Cc1coc(C2CCC(=S)C3(Cc4ccccc4N3)C2)c1. The van der Waals surface area contributed by atoms with Crippen LogP contribution in [0, 0.1) is 11.3 Å². The minimum absolute atomic E-state index is 0.137. The van der Waals surface area contributed by atoms with E-state index in [9.17, 15) is 0 Å². The van der Waals surface area contributed by atoms with E-state index in [4.69, 9.17) is 21.9 Å². The summed E-state index contributed by atoms with van der Waals surface area (Å²) in [4.78, 5) is 1.12. The molecule has 1 fully saturated rings. The quantitative estimate of drug-likeness (QED) is 0.802. The second kappa shape index (κ2) is 4.96. The predicted molar refractivity (Wildman–Crippen MR) is 89.1 cm³/mol. The molecule has 0 radical (unpaired) electrons. The van der Waals surface area contributed by atoms with Crippen LogP contribution in [0.3, 0.4) is 0 Å². The average Bonchev–Trinajstić information content (AvgIpc) is 3.14. The molecule has 0 bridgehead atoms. The second-order valence-electron chi connectivity index (χ2n) is 6.25. The number of benzene rings is 1. The Labute approximate surface area is 134 Å². The molecular weight excluding hydrogens is 292 g/mol. The van der Waals surface area contributed by atoms with Gasteiger partial charge in [-0.2, -0.15) is 5.26 Å². The number of hydrogen-bond acceptors (Lipinski definition) is 4. The molecule has 1 N–H and O–H groups in total. The van der Waals surface area contributed by atoms with Gasteiger partial charge in [-0.15, -0.1) is 0 Å². The molecule has 1 aromatic carbocycles. The Bertz CT molecular complexity index is 761. The third-order valence-electron chi connectivity index (χ3n) is 4.88. The zero-order chi connectivity index (χ0) is 15.2. The van der Waals surface area contributed by atoms with Crippen molar-refractivity contribution in [1.29, 1.82) is 5.26 Å². The molecule has 1 aliphatic carbocycles. The lowest BCUT2D eigenvalue weighted by atomic mass is 9.73. The van der Waals surface area contributed by atoms with Crippen molar-refractivity contribution in [1.82, 2.24) is 0 Å². The van der Waals surface area contributed by atoms with Crippen molar-refractivity contribution in [3.05, 3.63) is 53.5 Å². The van der Waals surface area contributed by atoms with E-state index in [-0.39, 0.29) is 5.54 Å². The molecule has 2 atom stereocenters. The summed E-state index contributed by atoms with van der Waals surface area (Å²) in [6.45, 7) is 0. The highest BCUT2D eigenvalue weighted by atomic mass is 32.1. The first kappa shape index (κ1) is 13.5. The number of para-hydroxylation sites is 1. The van der Waals surface area contributed by atoms with Crippen molar-refractivity contribution >= 4 is 22.8 Å². The predicted octanol–water partition coefficient (Wildman–Crippen LogP) is 4.20. The fourth-order valence-corrected chi connectivity index (χ4v) is 4.09. The molecule has 1 aromatic heterocycles. The van der Waals surface area contributed by atoms with Crippen molar-refractivity contribution in [3.63, 3.8) is 0 Å². The smallest absolute Gasteiger partial charge is 0.108 e. The molecule has 2 aliphatic rings. The van der Waals surface area contributed by atoms with Gasteiger partial charge >= 0.3 is 0 Å². The Balaban J connectivity index is 1.64. The van der Waals surface area contributed by atoms with Gasteiger partial charge in [0, 0.05) is 22.9 Å². The van der Waals surface area contributed by atoms with Crippen molar-refractivity contribution < 1.29 is 4.42 Å². The first-order valence-corrected chi connectivity index (χ1v) is 7.99. The highest BCUT2D eigenvalue weighted by Crippen LogP contribution is 2.45. The van der Waals surface area contributed by atoms with Gasteiger partial charge in [0.2, 0.25) is 0 Å². The fraction of sp³-hybridized carbons (Fsp3) is 0.333. The second-order valence-corrected chi connectivity index (χ2v) is 6.75. The Morgan fingerprint density at radius 1 is 1.36 bits per heavy atom. The first-order valence-electron chi connectivity index (χ1n) is 7.58. The number of anilines is 1. The van der Waals surface area contributed by atoms with E-state index in [1.165, 1.54) is 11.3 Å². The summed E-state index contributed by atoms with van der Waals surface area (Å²) in [5, 5.41) is 12.6. The number of fused-ring (bicyclic) bond motifs is 1. The molecule has 2 heterocycles. The van der Waals surface area contributed by atoms with Crippen LogP contribution in [0.4, 0.5) is 5.69 Å². The molecule has 0 saturated heterocycles. The zero-order valence-electron chi connectivity index (χ0n) is 12.1. The average molecular weight is 308 g/mol. The van der Waals surface area contributed by atoms with Gasteiger partial charge in [0.05, 0.1) is 11.1 Å². The van der Waals surface area contributed by atoms with Gasteiger partial charge in [-0.3, -0.25) is 0 Å². The third-order valence-corrected chi connectivity index (χ3v) is 5.48. The molecule has 4 heteroatoms. The van der Waals surface area contributed by atoms with E-state index in [1.54, 1.807) is 6.26 Å².